The summed E-state index contributed by atoms with van der Waals surface area (Å²) in [6.45, 7) is 14.4. The van der Waals surface area contributed by atoms with Crippen LogP contribution in [0.2, 0.25) is 0 Å². The van der Waals surface area contributed by atoms with Gasteiger partial charge in [-0.25, -0.2) is 4.98 Å². The molecule has 0 aliphatic carbocycles. The van der Waals surface area contributed by atoms with E-state index < -0.39 is 0 Å². The zero-order valence-electron chi connectivity index (χ0n) is 21.7. The smallest absolute Gasteiger partial charge is 0.255 e. The Morgan fingerprint density at radius 1 is 1.11 bits per heavy atom. The minimum atomic E-state index is -0.142. The summed E-state index contributed by atoms with van der Waals surface area (Å²) in [6, 6.07) is 8.56. The molecular weight excluding hydrogens is 436 g/mol. The van der Waals surface area contributed by atoms with Gasteiger partial charge in [0.1, 0.15) is 11.6 Å². The number of nitrogens with one attached hydrogen (secondary N) is 5. The summed E-state index contributed by atoms with van der Waals surface area (Å²) in [7, 11) is 0. The number of nitrogens with zero attached hydrogens (tertiary/aromatic N) is 1. The fraction of sp³-hybridized carbons (Fsp3) is 0.429. The van der Waals surface area contributed by atoms with Gasteiger partial charge in [0.05, 0.1) is 11.6 Å². The second-order valence-electron chi connectivity index (χ2n) is 10.8. The molecule has 3 heterocycles. The number of fused-ring (bicyclic) bond motifs is 1. The molecule has 1 amide bonds. The van der Waals surface area contributed by atoms with Crippen molar-refractivity contribution in [3.63, 3.8) is 0 Å². The number of aryl methyl sites for hydroxylation is 1. The normalized spacial score (nSPS) is 17.3. The molecule has 7 heteroatoms. The largest absolute Gasteiger partial charge is 0.384 e. The van der Waals surface area contributed by atoms with E-state index in [0.29, 0.717) is 11.4 Å². The minimum Gasteiger partial charge on any atom is -0.384 e. The van der Waals surface area contributed by atoms with Crippen molar-refractivity contribution < 1.29 is 4.79 Å². The van der Waals surface area contributed by atoms with Crippen LogP contribution >= 0.6 is 0 Å². The van der Waals surface area contributed by atoms with Crippen LogP contribution in [0.15, 0.2) is 48.3 Å². The predicted molar refractivity (Wildman–Crippen MR) is 144 cm³/mol. The highest BCUT2D eigenvalue weighted by Crippen LogP contribution is 2.29. The number of hydrogen-bond donors (Lipinski definition) is 5. The maximum Gasteiger partial charge on any atom is 0.255 e. The Hall–Kier alpha value is -3.32. The Labute approximate surface area is 208 Å². The van der Waals surface area contributed by atoms with Crippen LogP contribution in [0.4, 0.5) is 17.3 Å². The fourth-order valence-electron chi connectivity index (χ4n) is 4.28. The quantitative estimate of drug-likeness (QED) is 0.415. The van der Waals surface area contributed by atoms with Crippen molar-refractivity contribution in [2.24, 2.45) is 5.41 Å². The second kappa shape index (κ2) is 10.1. The predicted octanol–water partition coefficient (Wildman–Crippen LogP) is 4.74. The third-order valence-corrected chi connectivity index (χ3v) is 6.31. The van der Waals surface area contributed by atoms with Gasteiger partial charge in [0.15, 0.2) is 0 Å². The molecule has 4 rings (SSSR count). The van der Waals surface area contributed by atoms with Gasteiger partial charge in [-0.05, 0) is 92.4 Å². The van der Waals surface area contributed by atoms with Crippen molar-refractivity contribution in [2.75, 3.05) is 17.2 Å². The second-order valence-corrected chi connectivity index (χ2v) is 10.8. The standard InChI is InChI=1S/C28H38N6O/c1-17(2)31-27(35)23-13-18(3)25(32-21-8-7-20-16-29-11-9-19(20)14-21)34-26(23)33-22-10-12-30-24(15-22)28(4,5)6/h7-8,10,12-15,17,24,29-30H,9,11,16H2,1-6H3,(H,31,35)(H2,32,33,34). The Morgan fingerprint density at radius 2 is 1.91 bits per heavy atom. The van der Waals surface area contributed by atoms with Gasteiger partial charge in [-0.1, -0.05) is 26.8 Å². The first-order chi connectivity index (χ1) is 16.6. The summed E-state index contributed by atoms with van der Waals surface area (Å²) in [5, 5.41) is 16.7. The van der Waals surface area contributed by atoms with E-state index in [0.717, 1.165) is 42.3 Å². The van der Waals surface area contributed by atoms with Crippen LogP contribution in [-0.2, 0) is 13.0 Å². The molecule has 186 valence electrons. The lowest BCUT2D eigenvalue weighted by Gasteiger charge is -2.31. The Bertz CT molecular complexity index is 1160. The molecule has 1 aromatic carbocycles. The fourth-order valence-corrected chi connectivity index (χ4v) is 4.28. The minimum absolute atomic E-state index is 0.0294. The summed E-state index contributed by atoms with van der Waals surface area (Å²) in [6.07, 6.45) is 7.08. The summed E-state index contributed by atoms with van der Waals surface area (Å²) in [4.78, 5) is 18.0. The molecule has 1 unspecified atom stereocenters. The van der Waals surface area contributed by atoms with Crippen LogP contribution in [-0.4, -0.2) is 29.5 Å². The van der Waals surface area contributed by atoms with Gasteiger partial charge in [-0.15, -0.1) is 0 Å². The van der Waals surface area contributed by atoms with Crippen molar-refractivity contribution >= 4 is 23.2 Å². The number of anilines is 3. The maximum atomic E-state index is 13.1. The van der Waals surface area contributed by atoms with Crippen LogP contribution < -0.4 is 26.6 Å². The number of allylic oxidation sites excluding steroid dienone is 1. The monoisotopic (exact) mass is 474 g/mol. The lowest BCUT2D eigenvalue weighted by Crippen LogP contribution is -2.38. The van der Waals surface area contributed by atoms with Crippen LogP contribution in [0.5, 0.6) is 0 Å². The number of benzene rings is 1. The van der Waals surface area contributed by atoms with Gasteiger partial charge in [0.2, 0.25) is 0 Å². The number of hydrogen-bond acceptors (Lipinski definition) is 6. The van der Waals surface area contributed by atoms with Gasteiger partial charge in [0.25, 0.3) is 5.91 Å². The molecule has 2 aliphatic heterocycles. The molecule has 0 spiro atoms. The number of amides is 1. The summed E-state index contributed by atoms with van der Waals surface area (Å²) in [5.41, 5.74) is 6.09. The van der Waals surface area contributed by atoms with E-state index in [1.54, 1.807) is 0 Å². The van der Waals surface area contributed by atoms with E-state index >= 15 is 0 Å². The summed E-state index contributed by atoms with van der Waals surface area (Å²) >= 11 is 0. The van der Waals surface area contributed by atoms with Crippen molar-refractivity contribution in [2.45, 2.75) is 66.6 Å². The number of carbonyl (C=O) groups is 1. The zero-order valence-corrected chi connectivity index (χ0v) is 21.7. The highest BCUT2D eigenvalue weighted by Gasteiger charge is 2.24. The molecule has 1 aromatic heterocycles. The third-order valence-electron chi connectivity index (χ3n) is 6.31. The van der Waals surface area contributed by atoms with Crippen molar-refractivity contribution in [3.8, 4) is 0 Å². The van der Waals surface area contributed by atoms with E-state index in [1.165, 1.54) is 11.1 Å². The topological polar surface area (TPSA) is 90.1 Å². The average Bonchev–Trinajstić information content (AvgIpc) is 2.80. The highest BCUT2D eigenvalue weighted by atomic mass is 16.1. The summed E-state index contributed by atoms with van der Waals surface area (Å²) < 4.78 is 0. The first-order valence-corrected chi connectivity index (χ1v) is 12.4. The van der Waals surface area contributed by atoms with Crippen LogP contribution in [0, 0.1) is 12.3 Å². The number of dihydropyridines is 1. The number of carbonyl (C=O) groups excluding carboxylic acids is 1. The third kappa shape index (κ3) is 6.03. The molecule has 0 bridgehead atoms. The lowest BCUT2D eigenvalue weighted by atomic mass is 9.85. The first-order valence-electron chi connectivity index (χ1n) is 12.4. The lowest BCUT2D eigenvalue weighted by molar-refractivity contribution is 0.0943. The molecule has 1 atom stereocenters. The number of aromatic nitrogens is 1. The van der Waals surface area contributed by atoms with Crippen molar-refractivity contribution in [1.29, 1.82) is 0 Å². The molecule has 0 saturated heterocycles. The molecule has 5 N–H and O–H groups in total. The molecule has 0 radical (unpaired) electrons. The van der Waals surface area contributed by atoms with E-state index in [9.17, 15) is 4.79 Å². The zero-order chi connectivity index (χ0) is 25.2. The molecule has 2 aromatic rings. The van der Waals surface area contributed by atoms with E-state index in [4.69, 9.17) is 4.98 Å². The number of rotatable bonds is 6. The Balaban J connectivity index is 1.67. The maximum absolute atomic E-state index is 13.1. The molecular formula is C28H38N6O. The van der Waals surface area contributed by atoms with E-state index in [1.807, 2.05) is 39.1 Å². The van der Waals surface area contributed by atoms with E-state index in [-0.39, 0.29) is 23.4 Å². The summed E-state index contributed by atoms with van der Waals surface area (Å²) in [5.74, 6) is 1.12. The molecule has 0 fully saturated rings. The van der Waals surface area contributed by atoms with Crippen LogP contribution in [0.25, 0.3) is 0 Å². The van der Waals surface area contributed by atoms with Gasteiger partial charge < -0.3 is 26.6 Å². The van der Waals surface area contributed by atoms with E-state index in [2.05, 4.69) is 71.6 Å². The molecule has 35 heavy (non-hydrogen) atoms. The van der Waals surface area contributed by atoms with Crippen LogP contribution in [0.1, 0.15) is 61.7 Å². The Kier molecular flexibility index (Phi) is 7.17. The average molecular weight is 475 g/mol. The highest BCUT2D eigenvalue weighted by molar-refractivity contribution is 6.00. The Morgan fingerprint density at radius 3 is 2.66 bits per heavy atom. The van der Waals surface area contributed by atoms with Crippen LogP contribution in [0.3, 0.4) is 0 Å². The van der Waals surface area contributed by atoms with Crippen molar-refractivity contribution in [3.05, 3.63) is 70.6 Å². The van der Waals surface area contributed by atoms with Crippen molar-refractivity contribution in [1.82, 2.24) is 20.9 Å². The van der Waals surface area contributed by atoms with Gasteiger partial charge >= 0.3 is 0 Å². The molecule has 7 nitrogen and oxygen atoms in total. The van der Waals surface area contributed by atoms with Gasteiger partial charge in [-0.2, -0.15) is 0 Å². The van der Waals surface area contributed by atoms with Gasteiger partial charge in [-0.3, -0.25) is 4.79 Å². The first kappa shape index (κ1) is 24.8. The molecule has 0 saturated carbocycles. The SMILES string of the molecule is Cc1cc(C(=O)NC(C)C)c(NC2=CC(C(C)(C)C)NC=C2)nc1Nc1ccc2c(c1)CCNC2. The van der Waals surface area contributed by atoms with Gasteiger partial charge in [0, 0.05) is 24.0 Å². The number of pyridine rings is 1. The molecule has 2 aliphatic rings.